The maximum atomic E-state index is 12.5. The molecule has 1 aliphatic heterocycles. The predicted molar refractivity (Wildman–Crippen MR) is 122 cm³/mol. The van der Waals surface area contributed by atoms with Crippen LogP contribution in [0.1, 0.15) is 27.2 Å². The summed E-state index contributed by atoms with van der Waals surface area (Å²) < 4.78 is 1.86. The van der Waals surface area contributed by atoms with Crippen LogP contribution in [0.25, 0.3) is 16.6 Å². The number of nitrogens with one attached hydrogen (secondary N) is 1. The van der Waals surface area contributed by atoms with E-state index in [-0.39, 0.29) is 11.9 Å². The molecule has 9 heteroatoms. The molecule has 1 saturated heterocycles. The van der Waals surface area contributed by atoms with Crippen molar-refractivity contribution in [1.82, 2.24) is 24.5 Å². The van der Waals surface area contributed by atoms with Crippen LogP contribution in [0.2, 0.25) is 0 Å². The SMILES string of the molecule is C[C@@H]1[C@H]2CN(C(=O)C(C)(C)O)C[C@H]2C[C@H]1Nc1ccnn2cc(-c3cnc(N)nc3)cc12. The van der Waals surface area contributed by atoms with Gasteiger partial charge in [-0.05, 0) is 50.2 Å². The first-order chi connectivity index (χ1) is 15.2. The van der Waals surface area contributed by atoms with Gasteiger partial charge in [-0.25, -0.2) is 14.5 Å². The topological polar surface area (TPSA) is 122 Å². The molecule has 1 saturated carbocycles. The number of nitrogen functional groups attached to an aromatic ring is 1. The van der Waals surface area contributed by atoms with Gasteiger partial charge in [-0.3, -0.25) is 4.79 Å². The van der Waals surface area contributed by atoms with E-state index in [1.54, 1.807) is 32.4 Å². The Kier molecular flexibility index (Phi) is 4.81. The Balaban J connectivity index is 1.34. The maximum absolute atomic E-state index is 12.5. The number of aromatic nitrogens is 4. The summed E-state index contributed by atoms with van der Waals surface area (Å²) in [4.78, 5) is 22.5. The van der Waals surface area contributed by atoms with Crippen LogP contribution in [0.4, 0.5) is 11.6 Å². The molecule has 1 amide bonds. The van der Waals surface area contributed by atoms with Crippen molar-refractivity contribution in [2.24, 2.45) is 17.8 Å². The average molecular weight is 436 g/mol. The van der Waals surface area contributed by atoms with Gasteiger partial charge in [0.25, 0.3) is 5.91 Å². The third-order valence-electron chi connectivity index (χ3n) is 7.02. The highest BCUT2D eigenvalue weighted by Gasteiger charge is 2.48. The summed E-state index contributed by atoms with van der Waals surface area (Å²) >= 11 is 0. The Labute approximate surface area is 186 Å². The van der Waals surface area contributed by atoms with Gasteiger partial charge < -0.3 is 21.1 Å². The van der Waals surface area contributed by atoms with Crippen LogP contribution >= 0.6 is 0 Å². The molecule has 9 nitrogen and oxygen atoms in total. The van der Waals surface area contributed by atoms with E-state index >= 15 is 0 Å². The summed E-state index contributed by atoms with van der Waals surface area (Å²) in [5.41, 5.74) is 8.17. The Morgan fingerprint density at radius 1 is 1.25 bits per heavy atom. The first-order valence-corrected chi connectivity index (χ1v) is 11.0. The van der Waals surface area contributed by atoms with Crippen molar-refractivity contribution >= 4 is 23.1 Å². The Bertz CT molecular complexity index is 1150. The Hall–Kier alpha value is -3.20. The van der Waals surface area contributed by atoms with Gasteiger partial charge in [0, 0.05) is 55.0 Å². The monoisotopic (exact) mass is 435 g/mol. The lowest BCUT2D eigenvalue weighted by Crippen LogP contribution is -2.45. The van der Waals surface area contributed by atoms with E-state index in [1.165, 1.54) is 0 Å². The number of anilines is 2. The molecule has 1 aliphatic carbocycles. The smallest absolute Gasteiger partial charge is 0.253 e. The summed E-state index contributed by atoms with van der Waals surface area (Å²) in [6.45, 7) is 6.82. The molecule has 0 radical (unpaired) electrons. The minimum atomic E-state index is -1.32. The molecule has 2 aliphatic rings. The second-order valence-corrected chi connectivity index (χ2v) is 9.67. The van der Waals surface area contributed by atoms with Crippen LogP contribution in [0.15, 0.2) is 36.9 Å². The normalized spacial score (nSPS) is 25.3. The van der Waals surface area contributed by atoms with E-state index in [0.29, 0.717) is 36.9 Å². The van der Waals surface area contributed by atoms with Crippen molar-refractivity contribution in [3.05, 3.63) is 36.9 Å². The molecule has 0 aromatic carbocycles. The van der Waals surface area contributed by atoms with Gasteiger partial charge in [-0.2, -0.15) is 5.10 Å². The molecule has 0 bridgehead atoms. The zero-order valence-corrected chi connectivity index (χ0v) is 18.6. The lowest BCUT2D eigenvalue weighted by atomic mass is 9.93. The number of carbonyl (C=O) groups excluding carboxylic acids is 1. The van der Waals surface area contributed by atoms with Crippen LogP contribution in [0.3, 0.4) is 0 Å². The average Bonchev–Trinajstić information content (AvgIpc) is 3.43. The first-order valence-electron chi connectivity index (χ1n) is 11.0. The fraction of sp³-hybridized carbons (Fsp3) is 0.478. The van der Waals surface area contributed by atoms with E-state index in [9.17, 15) is 9.90 Å². The zero-order valence-electron chi connectivity index (χ0n) is 18.6. The Morgan fingerprint density at radius 3 is 2.69 bits per heavy atom. The Morgan fingerprint density at radius 2 is 2.00 bits per heavy atom. The molecule has 0 unspecified atom stereocenters. The molecule has 3 aromatic heterocycles. The molecule has 32 heavy (non-hydrogen) atoms. The molecule has 168 valence electrons. The van der Waals surface area contributed by atoms with Crippen molar-refractivity contribution in [1.29, 1.82) is 0 Å². The van der Waals surface area contributed by atoms with Crippen molar-refractivity contribution in [3.8, 4) is 11.1 Å². The van der Waals surface area contributed by atoms with Crippen LogP contribution < -0.4 is 11.1 Å². The summed E-state index contributed by atoms with van der Waals surface area (Å²) in [6.07, 6.45) is 8.18. The standard InChI is InChI=1S/C23H29N7O2/c1-13-17-12-29(21(31)23(2,3)32)10-15(17)6-19(13)28-18-4-5-27-30-11-14(7-20(18)30)16-8-25-22(24)26-9-16/h4-5,7-9,11,13,15,17,19,28,32H,6,10,12H2,1-3H3,(H2,24,25,26)/t13-,15-,17-,19-/m1/s1. The second-order valence-electron chi connectivity index (χ2n) is 9.67. The number of rotatable bonds is 4. The molecular weight excluding hydrogens is 406 g/mol. The van der Waals surface area contributed by atoms with Gasteiger partial charge in [0.05, 0.1) is 11.2 Å². The summed E-state index contributed by atoms with van der Waals surface area (Å²) in [7, 11) is 0. The van der Waals surface area contributed by atoms with Gasteiger partial charge in [0.15, 0.2) is 0 Å². The van der Waals surface area contributed by atoms with Gasteiger partial charge in [-0.15, -0.1) is 0 Å². The summed E-state index contributed by atoms with van der Waals surface area (Å²) in [5, 5.41) is 18.3. The number of hydrogen-bond acceptors (Lipinski definition) is 7. The molecule has 0 spiro atoms. The first kappa shape index (κ1) is 20.7. The van der Waals surface area contributed by atoms with Crippen LogP contribution in [-0.4, -0.2) is 60.2 Å². The number of hydrogen-bond donors (Lipinski definition) is 3. The van der Waals surface area contributed by atoms with E-state index in [1.807, 2.05) is 21.7 Å². The number of carbonyl (C=O) groups is 1. The van der Waals surface area contributed by atoms with E-state index in [2.05, 4.69) is 33.4 Å². The van der Waals surface area contributed by atoms with E-state index < -0.39 is 5.60 Å². The quantitative estimate of drug-likeness (QED) is 0.573. The number of aliphatic hydroxyl groups is 1. The molecule has 2 fully saturated rings. The number of fused-ring (bicyclic) bond motifs is 2. The van der Waals surface area contributed by atoms with Crippen molar-refractivity contribution in [2.45, 2.75) is 38.8 Å². The van der Waals surface area contributed by atoms with Crippen LogP contribution in [0.5, 0.6) is 0 Å². The summed E-state index contributed by atoms with van der Waals surface area (Å²) in [6, 6.07) is 4.39. The fourth-order valence-corrected chi connectivity index (χ4v) is 5.30. The third kappa shape index (κ3) is 3.56. The molecule has 4 atom stereocenters. The minimum Gasteiger partial charge on any atom is -0.381 e. The van der Waals surface area contributed by atoms with Crippen molar-refractivity contribution in [2.75, 3.05) is 24.1 Å². The van der Waals surface area contributed by atoms with Crippen molar-refractivity contribution < 1.29 is 9.90 Å². The lowest BCUT2D eigenvalue weighted by Gasteiger charge is -2.28. The van der Waals surface area contributed by atoms with Crippen molar-refractivity contribution in [3.63, 3.8) is 0 Å². The number of likely N-dealkylation sites (tertiary alicyclic amines) is 1. The molecular formula is C23H29N7O2. The lowest BCUT2D eigenvalue weighted by molar-refractivity contribution is -0.147. The van der Waals surface area contributed by atoms with Crippen LogP contribution in [-0.2, 0) is 4.79 Å². The van der Waals surface area contributed by atoms with E-state index in [4.69, 9.17) is 5.73 Å². The molecule has 4 heterocycles. The fourth-order valence-electron chi connectivity index (χ4n) is 5.30. The highest BCUT2D eigenvalue weighted by atomic mass is 16.3. The predicted octanol–water partition coefficient (Wildman–Crippen LogP) is 2.04. The maximum Gasteiger partial charge on any atom is 0.253 e. The van der Waals surface area contributed by atoms with Gasteiger partial charge in [0.1, 0.15) is 5.60 Å². The number of amides is 1. The van der Waals surface area contributed by atoms with E-state index in [0.717, 1.165) is 28.8 Å². The highest BCUT2D eigenvalue weighted by Crippen LogP contribution is 2.44. The highest BCUT2D eigenvalue weighted by molar-refractivity contribution is 5.84. The third-order valence-corrected chi connectivity index (χ3v) is 7.02. The minimum absolute atomic E-state index is 0.174. The van der Waals surface area contributed by atoms with Gasteiger partial charge in [0.2, 0.25) is 5.95 Å². The molecule has 4 N–H and O–H groups in total. The largest absolute Gasteiger partial charge is 0.381 e. The van der Waals surface area contributed by atoms with Crippen LogP contribution in [0, 0.1) is 17.8 Å². The second kappa shape index (κ2) is 7.44. The zero-order chi connectivity index (χ0) is 22.6. The number of nitrogens with zero attached hydrogens (tertiary/aromatic N) is 5. The molecule has 5 rings (SSSR count). The van der Waals surface area contributed by atoms with Gasteiger partial charge >= 0.3 is 0 Å². The summed E-state index contributed by atoms with van der Waals surface area (Å²) in [5.74, 6) is 1.37. The van der Waals surface area contributed by atoms with Gasteiger partial charge in [-0.1, -0.05) is 6.92 Å². The molecule has 3 aromatic rings. The number of nitrogens with two attached hydrogens (primary N) is 1.